The smallest absolute Gasteiger partial charge is 0.192 e. The van der Waals surface area contributed by atoms with Gasteiger partial charge in [-0.25, -0.2) is 4.98 Å². The number of rotatable bonds is 6. The lowest BCUT2D eigenvalue weighted by Crippen LogP contribution is -2.43. The predicted octanol–water partition coefficient (Wildman–Crippen LogP) is 5.38. The van der Waals surface area contributed by atoms with Gasteiger partial charge in [0.05, 0.1) is 23.6 Å². The molecule has 1 aliphatic heterocycles. The Balaban J connectivity index is 1.95. The average molecular weight is 442 g/mol. The number of hydrogen-bond donors (Lipinski definition) is 0. The first-order chi connectivity index (χ1) is 14.4. The Morgan fingerprint density at radius 2 is 1.90 bits per heavy atom. The molecule has 2 unspecified atom stereocenters. The Labute approximate surface area is 188 Å². The third kappa shape index (κ3) is 5.18. The molecule has 0 saturated heterocycles. The summed E-state index contributed by atoms with van der Waals surface area (Å²) in [5.74, 6) is 0.738. The zero-order valence-electron chi connectivity index (χ0n) is 20.5. The Morgan fingerprint density at radius 1 is 1.23 bits per heavy atom. The van der Waals surface area contributed by atoms with E-state index in [0.717, 1.165) is 29.9 Å². The van der Waals surface area contributed by atoms with Crippen molar-refractivity contribution >= 4 is 25.1 Å². The van der Waals surface area contributed by atoms with E-state index in [4.69, 9.17) is 9.41 Å². The molecular weight excluding hydrogens is 402 g/mol. The summed E-state index contributed by atoms with van der Waals surface area (Å²) in [6.45, 7) is 20.0. The van der Waals surface area contributed by atoms with Crippen LogP contribution in [-0.4, -0.2) is 54.3 Å². The van der Waals surface area contributed by atoms with Gasteiger partial charge in [0.2, 0.25) is 0 Å². The van der Waals surface area contributed by atoms with E-state index >= 15 is 0 Å². The zero-order valence-corrected chi connectivity index (χ0v) is 21.5. The quantitative estimate of drug-likeness (QED) is 0.446. The molecule has 3 rings (SSSR count). The summed E-state index contributed by atoms with van der Waals surface area (Å²) < 4.78 is 8.58. The van der Waals surface area contributed by atoms with Crippen molar-refractivity contribution in [3.63, 3.8) is 0 Å². The molecule has 6 heteroatoms. The molecule has 0 amide bonds. The summed E-state index contributed by atoms with van der Waals surface area (Å²) in [6.07, 6.45) is 2.25. The van der Waals surface area contributed by atoms with Crippen molar-refractivity contribution in [2.24, 2.45) is 0 Å². The molecule has 2 heterocycles. The fourth-order valence-electron chi connectivity index (χ4n) is 3.80. The molecule has 1 aliphatic rings. The SMILES string of the molecule is CC(C)=CCN1CC(C(=O)CO[Si](C)(C)C(C)(C)C)c2nc3ccccc3n2CC1C. The topological polar surface area (TPSA) is 47.4 Å². The number of allylic oxidation sites excluding steroid dienone is 1. The first kappa shape index (κ1) is 23.9. The maximum atomic E-state index is 13.6. The molecule has 31 heavy (non-hydrogen) atoms. The third-order valence-electron chi connectivity index (χ3n) is 6.99. The van der Waals surface area contributed by atoms with E-state index in [-0.39, 0.29) is 23.3 Å². The number of benzene rings is 1. The molecule has 0 aliphatic carbocycles. The number of para-hydroxylation sites is 2. The first-order valence-corrected chi connectivity index (χ1v) is 14.3. The molecule has 0 saturated carbocycles. The Morgan fingerprint density at radius 3 is 2.55 bits per heavy atom. The number of aromatic nitrogens is 2. The summed E-state index contributed by atoms with van der Waals surface area (Å²) in [7, 11) is -2.00. The molecule has 1 aromatic heterocycles. The normalized spacial score (nSPS) is 20.4. The van der Waals surface area contributed by atoms with E-state index in [1.54, 1.807) is 0 Å². The third-order valence-corrected chi connectivity index (χ3v) is 11.5. The molecule has 2 aromatic rings. The van der Waals surface area contributed by atoms with Crippen molar-refractivity contribution in [3.05, 3.63) is 41.7 Å². The van der Waals surface area contributed by atoms with Crippen LogP contribution in [0.15, 0.2) is 35.9 Å². The van der Waals surface area contributed by atoms with Crippen LogP contribution in [0.25, 0.3) is 11.0 Å². The maximum Gasteiger partial charge on any atom is 0.192 e. The van der Waals surface area contributed by atoms with E-state index in [1.165, 1.54) is 5.57 Å². The lowest BCUT2D eigenvalue weighted by atomic mass is 10.0. The maximum absolute atomic E-state index is 13.6. The van der Waals surface area contributed by atoms with Gasteiger partial charge in [0, 0.05) is 25.7 Å². The number of hydrogen-bond acceptors (Lipinski definition) is 4. The predicted molar refractivity (Wildman–Crippen MR) is 131 cm³/mol. The van der Waals surface area contributed by atoms with Gasteiger partial charge in [-0.3, -0.25) is 9.69 Å². The van der Waals surface area contributed by atoms with Crippen LogP contribution in [0, 0.1) is 0 Å². The van der Waals surface area contributed by atoms with Gasteiger partial charge in [0.15, 0.2) is 14.1 Å². The number of Topliss-reactive ketones (excluding diaryl/α,β-unsaturated/α-hetero) is 1. The van der Waals surface area contributed by atoms with Crippen LogP contribution in [0.2, 0.25) is 18.1 Å². The molecule has 0 fully saturated rings. The second-order valence-corrected chi connectivity index (χ2v) is 15.5. The highest BCUT2D eigenvalue weighted by Gasteiger charge is 2.39. The van der Waals surface area contributed by atoms with E-state index < -0.39 is 8.32 Å². The average Bonchev–Trinajstić information content (AvgIpc) is 2.96. The van der Waals surface area contributed by atoms with Crippen LogP contribution in [0.5, 0.6) is 0 Å². The van der Waals surface area contributed by atoms with Crippen molar-refractivity contribution in [1.82, 2.24) is 14.5 Å². The number of imidazole rings is 1. The standard InChI is InChI=1S/C25H39N3O2Si/c1-18(2)13-14-27-16-20(23(29)17-30-31(7,8)25(4,5)6)24-26-21-11-9-10-12-22(21)28(24)15-19(27)3/h9-13,19-20H,14-17H2,1-8H3. The van der Waals surface area contributed by atoms with Crippen molar-refractivity contribution in [3.8, 4) is 0 Å². The van der Waals surface area contributed by atoms with Crippen LogP contribution in [0.1, 0.15) is 53.3 Å². The van der Waals surface area contributed by atoms with Crippen molar-refractivity contribution < 1.29 is 9.22 Å². The molecule has 1 aromatic carbocycles. The number of carbonyl (C=O) groups excluding carboxylic acids is 1. The number of fused-ring (bicyclic) bond motifs is 3. The zero-order chi connectivity index (χ0) is 23.0. The molecule has 0 spiro atoms. The lowest BCUT2D eigenvalue weighted by molar-refractivity contribution is -0.123. The first-order valence-electron chi connectivity index (χ1n) is 11.4. The van der Waals surface area contributed by atoms with E-state index in [1.807, 2.05) is 18.2 Å². The second-order valence-electron chi connectivity index (χ2n) is 10.7. The van der Waals surface area contributed by atoms with E-state index in [2.05, 4.69) is 76.2 Å². The Kier molecular flexibility index (Phi) is 6.94. The molecule has 0 N–H and O–H groups in total. The minimum absolute atomic E-state index is 0.0773. The van der Waals surface area contributed by atoms with Gasteiger partial charge in [-0.15, -0.1) is 0 Å². The minimum Gasteiger partial charge on any atom is -0.410 e. The Bertz CT molecular complexity index is 967. The van der Waals surface area contributed by atoms with Crippen molar-refractivity contribution in [2.45, 2.75) is 78.2 Å². The number of carbonyl (C=O) groups is 1. The molecule has 170 valence electrons. The largest absolute Gasteiger partial charge is 0.410 e. The summed E-state index contributed by atoms with van der Waals surface area (Å²) in [6, 6.07) is 8.52. The monoisotopic (exact) mass is 441 g/mol. The van der Waals surface area contributed by atoms with Crippen LogP contribution in [0.4, 0.5) is 0 Å². The number of ketones is 1. The summed E-state index contributed by atoms with van der Waals surface area (Å²) in [5, 5.41) is 0.0773. The fourth-order valence-corrected chi connectivity index (χ4v) is 4.73. The van der Waals surface area contributed by atoms with Gasteiger partial charge in [0.25, 0.3) is 0 Å². The second kappa shape index (κ2) is 9.00. The molecule has 2 atom stereocenters. The van der Waals surface area contributed by atoms with Gasteiger partial charge in [-0.1, -0.05) is 44.6 Å². The minimum atomic E-state index is -2.00. The van der Waals surface area contributed by atoms with Crippen LogP contribution in [0.3, 0.4) is 0 Å². The van der Waals surface area contributed by atoms with Gasteiger partial charge >= 0.3 is 0 Å². The van der Waals surface area contributed by atoms with Gasteiger partial charge in [-0.05, 0) is 51.0 Å². The van der Waals surface area contributed by atoms with Gasteiger partial charge in [0.1, 0.15) is 5.82 Å². The van der Waals surface area contributed by atoms with Crippen LogP contribution < -0.4 is 0 Å². The highest BCUT2D eigenvalue weighted by Crippen LogP contribution is 2.37. The fraction of sp³-hybridized carbons (Fsp3) is 0.600. The van der Waals surface area contributed by atoms with Crippen LogP contribution >= 0.6 is 0 Å². The highest BCUT2D eigenvalue weighted by molar-refractivity contribution is 6.74. The highest BCUT2D eigenvalue weighted by atomic mass is 28.4. The summed E-state index contributed by atoms with van der Waals surface area (Å²) >= 11 is 0. The van der Waals surface area contributed by atoms with Gasteiger partial charge < -0.3 is 8.99 Å². The van der Waals surface area contributed by atoms with Crippen molar-refractivity contribution in [2.75, 3.05) is 19.7 Å². The Hall–Kier alpha value is -1.76. The van der Waals surface area contributed by atoms with E-state index in [9.17, 15) is 4.79 Å². The summed E-state index contributed by atoms with van der Waals surface area (Å²) in [5.41, 5.74) is 3.37. The molecule has 5 nitrogen and oxygen atoms in total. The molecule has 0 radical (unpaired) electrons. The van der Waals surface area contributed by atoms with Crippen molar-refractivity contribution in [1.29, 1.82) is 0 Å². The van der Waals surface area contributed by atoms with Crippen LogP contribution in [-0.2, 0) is 15.8 Å². The van der Waals surface area contributed by atoms with E-state index in [0.29, 0.717) is 12.6 Å². The summed E-state index contributed by atoms with van der Waals surface area (Å²) in [4.78, 5) is 20.9. The number of nitrogens with zero attached hydrogens (tertiary/aromatic N) is 3. The van der Waals surface area contributed by atoms with Gasteiger partial charge in [-0.2, -0.15) is 0 Å². The molecular formula is C25H39N3O2Si. The lowest BCUT2D eigenvalue weighted by Gasteiger charge is -2.36. The molecule has 0 bridgehead atoms.